The Balaban J connectivity index is 2.40. The highest BCUT2D eigenvalue weighted by molar-refractivity contribution is 6.88. The van der Waals surface area contributed by atoms with Crippen LogP contribution < -0.4 is 5.38 Å². The van der Waals surface area contributed by atoms with Crippen LogP contribution in [0.25, 0.3) is 0 Å². The predicted octanol–water partition coefficient (Wildman–Crippen LogP) is 2.04. The van der Waals surface area contributed by atoms with Gasteiger partial charge in [-0.15, -0.1) is 0 Å². The lowest BCUT2D eigenvalue weighted by Gasteiger charge is -2.25. The summed E-state index contributed by atoms with van der Waals surface area (Å²) in [5.74, 6) is -0.595. The van der Waals surface area contributed by atoms with Crippen molar-refractivity contribution in [3.05, 3.63) is 17.9 Å². The van der Waals surface area contributed by atoms with Crippen molar-refractivity contribution >= 4 is 13.5 Å². The van der Waals surface area contributed by atoms with Gasteiger partial charge in [-0.05, 0) is 13.0 Å². The number of ether oxygens (including phenoxy) is 2. The van der Waals surface area contributed by atoms with Crippen LogP contribution in [0.4, 0.5) is 0 Å². The van der Waals surface area contributed by atoms with Crippen LogP contribution >= 0.6 is 0 Å². The van der Waals surface area contributed by atoms with E-state index in [4.69, 9.17) is 13.9 Å². The van der Waals surface area contributed by atoms with Crippen LogP contribution in [0.15, 0.2) is 16.7 Å². The van der Waals surface area contributed by atoms with E-state index in [0.717, 1.165) is 10.9 Å². The van der Waals surface area contributed by atoms with Crippen LogP contribution in [0.2, 0.25) is 19.6 Å². The molecule has 0 amide bonds. The maximum absolute atomic E-state index is 5.66. The van der Waals surface area contributed by atoms with E-state index >= 15 is 0 Å². The van der Waals surface area contributed by atoms with E-state index in [-0.39, 0.29) is 0 Å². The third-order valence-electron chi connectivity index (χ3n) is 2.67. The molecular formula is C11H18O3Si. The van der Waals surface area contributed by atoms with Gasteiger partial charge in [-0.1, -0.05) is 19.6 Å². The van der Waals surface area contributed by atoms with E-state index in [2.05, 4.69) is 19.6 Å². The van der Waals surface area contributed by atoms with Crippen molar-refractivity contribution in [1.82, 2.24) is 0 Å². The Kier molecular flexibility index (Phi) is 2.53. The second-order valence-corrected chi connectivity index (χ2v) is 10.0. The van der Waals surface area contributed by atoms with Crippen molar-refractivity contribution in [2.24, 2.45) is 0 Å². The van der Waals surface area contributed by atoms with Gasteiger partial charge in [0.2, 0.25) is 0 Å². The topological polar surface area (TPSA) is 31.6 Å². The second-order valence-electron chi connectivity index (χ2n) is 5.06. The van der Waals surface area contributed by atoms with Gasteiger partial charge in [0.25, 0.3) is 0 Å². The zero-order chi connectivity index (χ0) is 11.1. The van der Waals surface area contributed by atoms with Gasteiger partial charge < -0.3 is 13.9 Å². The highest BCUT2D eigenvalue weighted by Gasteiger charge is 2.39. The van der Waals surface area contributed by atoms with Crippen molar-refractivity contribution in [2.45, 2.75) is 32.4 Å². The molecule has 0 N–H and O–H groups in total. The fourth-order valence-corrected chi connectivity index (χ4v) is 3.46. The Morgan fingerprint density at radius 1 is 1.20 bits per heavy atom. The fourth-order valence-electron chi connectivity index (χ4n) is 1.92. The molecule has 0 aliphatic carbocycles. The van der Waals surface area contributed by atoms with Gasteiger partial charge >= 0.3 is 0 Å². The summed E-state index contributed by atoms with van der Waals surface area (Å²) in [7, 11) is -1.47. The summed E-state index contributed by atoms with van der Waals surface area (Å²) < 4.78 is 16.9. The quantitative estimate of drug-likeness (QED) is 0.723. The van der Waals surface area contributed by atoms with E-state index in [9.17, 15) is 0 Å². The molecular weight excluding hydrogens is 208 g/mol. The molecule has 0 saturated carbocycles. The highest BCUT2D eigenvalue weighted by atomic mass is 28.3. The molecule has 84 valence electrons. The summed E-state index contributed by atoms with van der Waals surface area (Å²) in [4.78, 5) is 0. The zero-order valence-corrected chi connectivity index (χ0v) is 10.8. The normalized spacial score (nSPS) is 20.8. The lowest BCUT2D eigenvalue weighted by atomic mass is 10.2. The van der Waals surface area contributed by atoms with Gasteiger partial charge in [-0.2, -0.15) is 0 Å². The highest BCUT2D eigenvalue weighted by Crippen LogP contribution is 2.31. The first-order valence-corrected chi connectivity index (χ1v) is 8.80. The van der Waals surface area contributed by atoms with Crippen LogP contribution in [-0.2, 0) is 15.3 Å². The minimum Gasteiger partial charge on any atom is -0.474 e. The first-order chi connectivity index (χ1) is 6.93. The van der Waals surface area contributed by atoms with Gasteiger partial charge in [0, 0.05) is 5.56 Å². The zero-order valence-electron chi connectivity index (χ0n) is 9.79. The molecule has 0 radical (unpaired) electrons. The van der Waals surface area contributed by atoms with Crippen LogP contribution in [-0.4, -0.2) is 21.3 Å². The fraction of sp³-hybridized carbons (Fsp3) is 0.636. The standard InChI is InChI=1S/C11H18O3Si/c1-11(13-7-8-14-11)9-5-6-12-10(9)15(2,3)4/h5-6H,7-8H2,1-4H3. The Morgan fingerprint density at radius 2 is 1.80 bits per heavy atom. The van der Waals surface area contributed by atoms with Crippen LogP contribution in [0.1, 0.15) is 12.5 Å². The third kappa shape index (κ3) is 1.89. The van der Waals surface area contributed by atoms with Crippen molar-refractivity contribution in [2.75, 3.05) is 13.2 Å². The first-order valence-electron chi connectivity index (χ1n) is 5.30. The predicted molar refractivity (Wildman–Crippen MR) is 60.9 cm³/mol. The molecule has 0 unspecified atom stereocenters. The van der Waals surface area contributed by atoms with Gasteiger partial charge in [0.1, 0.15) is 8.07 Å². The second kappa shape index (κ2) is 3.47. The monoisotopic (exact) mass is 226 g/mol. The molecule has 0 spiro atoms. The molecule has 1 aromatic heterocycles. The molecule has 4 heteroatoms. The average Bonchev–Trinajstić information content (AvgIpc) is 2.69. The summed E-state index contributed by atoms with van der Waals surface area (Å²) in [5.41, 5.74) is 1.07. The molecule has 0 aromatic carbocycles. The van der Waals surface area contributed by atoms with Crippen molar-refractivity contribution in [1.29, 1.82) is 0 Å². The largest absolute Gasteiger partial charge is 0.474 e. The molecule has 1 aliphatic heterocycles. The van der Waals surface area contributed by atoms with Crippen molar-refractivity contribution in [3.8, 4) is 0 Å². The Morgan fingerprint density at radius 3 is 2.33 bits per heavy atom. The van der Waals surface area contributed by atoms with Crippen molar-refractivity contribution in [3.63, 3.8) is 0 Å². The number of hydrogen-bond donors (Lipinski definition) is 0. The molecule has 0 bridgehead atoms. The van der Waals surface area contributed by atoms with Crippen LogP contribution in [0, 0.1) is 0 Å². The molecule has 1 aliphatic rings. The minimum atomic E-state index is -1.47. The van der Waals surface area contributed by atoms with Gasteiger partial charge in [0.15, 0.2) is 5.79 Å². The number of furan rings is 1. The Labute approximate surface area is 91.4 Å². The molecule has 2 rings (SSSR count). The van der Waals surface area contributed by atoms with E-state index in [1.165, 1.54) is 0 Å². The van der Waals surface area contributed by atoms with Crippen LogP contribution in [0.3, 0.4) is 0 Å². The van der Waals surface area contributed by atoms with E-state index < -0.39 is 13.9 Å². The molecule has 2 heterocycles. The summed E-state index contributed by atoms with van der Waals surface area (Å²) in [6, 6.07) is 1.97. The lowest BCUT2D eigenvalue weighted by Crippen LogP contribution is -2.43. The lowest BCUT2D eigenvalue weighted by molar-refractivity contribution is -0.149. The Hall–Kier alpha value is -0.583. The minimum absolute atomic E-state index is 0.595. The molecule has 15 heavy (non-hydrogen) atoms. The van der Waals surface area contributed by atoms with Crippen LogP contribution in [0.5, 0.6) is 0 Å². The molecule has 1 fully saturated rings. The summed E-state index contributed by atoms with van der Waals surface area (Å²) >= 11 is 0. The van der Waals surface area contributed by atoms with Gasteiger partial charge in [-0.25, -0.2) is 0 Å². The summed E-state index contributed by atoms with van der Waals surface area (Å²) in [5, 5.41) is 1.08. The molecule has 1 saturated heterocycles. The maximum atomic E-state index is 5.66. The third-order valence-corrected chi connectivity index (χ3v) is 4.42. The molecule has 0 atom stereocenters. The SMILES string of the molecule is CC1(c2ccoc2[Si](C)(C)C)OCCO1. The van der Waals surface area contributed by atoms with Gasteiger partial charge in [0.05, 0.1) is 24.9 Å². The molecule has 3 nitrogen and oxygen atoms in total. The van der Waals surface area contributed by atoms with E-state index in [1.807, 2.05) is 13.0 Å². The first kappa shape index (κ1) is 10.9. The van der Waals surface area contributed by atoms with Gasteiger partial charge in [-0.3, -0.25) is 0 Å². The maximum Gasteiger partial charge on any atom is 0.195 e. The van der Waals surface area contributed by atoms with Crippen molar-refractivity contribution < 1.29 is 13.9 Å². The average molecular weight is 226 g/mol. The van der Waals surface area contributed by atoms with E-state index in [1.54, 1.807) is 6.26 Å². The molecule has 1 aromatic rings. The number of hydrogen-bond acceptors (Lipinski definition) is 3. The summed E-state index contributed by atoms with van der Waals surface area (Å²) in [6.07, 6.45) is 1.74. The number of rotatable bonds is 2. The smallest absolute Gasteiger partial charge is 0.195 e. The summed E-state index contributed by atoms with van der Waals surface area (Å²) in [6.45, 7) is 10.1. The Bertz CT molecular complexity index is 345. The van der Waals surface area contributed by atoms with E-state index in [0.29, 0.717) is 13.2 Å².